The highest BCUT2D eigenvalue weighted by atomic mass is 19.4. The fourth-order valence-electron chi connectivity index (χ4n) is 1.76. The summed E-state index contributed by atoms with van der Waals surface area (Å²) in [7, 11) is 0. The largest absolute Gasteiger partial charge is 0.416 e. The number of alkyl halides is 3. The summed E-state index contributed by atoms with van der Waals surface area (Å²) in [6.45, 7) is 3.44. The number of rotatable bonds is 5. The van der Waals surface area contributed by atoms with E-state index in [4.69, 9.17) is 0 Å². The Morgan fingerprint density at radius 1 is 1.28 bits per heavy atom. The second-order valence-electron chi connectivity index (χ2n) is 4.30. The van der Waals surface area contributed by atoms with E-state index in [1.807, 2.05) is 13.8 Å². The molecule has 0 saturated carbocycles. The van der Waals surface area contributed by atoms with Crippen molar-refractivity contribution in [2.75, 3.05) is 6.61 Å². The van der Waals surface area contributed by atoms with E-state index in [1.165, 1.54) is 12.1 Å². The fourth-order valence-corrected chi connectivity index (χ4v) is 1.76. The van der Waals surface area contributed by atoms with Gasteiger partial charge in [-0.1, -0.05) is 25.1 Å². The first-order valence-electron chi connectivity index (χ1n) is 5.93. The molecule has 0 aliphatic heterocycles. The highest BCUT2D eigenvalue weighted by Gasteiger charge is 2.34. The summed E-state index contributed by atoms with van der Waals surface area (Å²) < 4.78 is 38.6. The van der Waals surface area contributed by atoms with Crippen LogP contribution in [0.2, 0.25) is 0 Å². The minimum Gasteiger partial charge on any atom is -0.394 e. The van der Waals surface area contributed by atoms with Gasteiger partial charge >= 0.3 is 6.18 Å². The van der Waals surface area contributed by atoms with Crippen molar-refractivity contribution in [1.82, 2.24) is 5.32 Å². The van der Waals surface area contributed by atoms with E-state index >= 15 is 0 Å². The van der Waals surface area contributed by atoms with Gasteiger partial charge in [-0.3, -0.25) is 0 Å². The average Bonchev–Trinajstić information content (AvgIpc) is 2.34. The minimum atomic E-state index is -4.40. The van der Waals surface area contributed by atoms with E-state index in [9.17, 15) is 18.3 Å². The van der Waals surface area contributed by atoms with Crippen molar-refractivity contribution in [3.63, 3.8) is 0 Å². The van der Waals surface area contributed by atoms with Gasteiger partial charge in [-0.25, -0.2) is 0 Å². The maximum absolute atomic E-state index is 12.9. The fraction of sp³-hybridized carbons (Fsp3) is 0.538. The van der Waals surface area contributed by atoms with Crippen molar-refractivity contribution in [3.05, 3.63) is 35.4 Å². The summed E-state index contributed by atoms with van der Waals surface area (Å²) in [5.74, 6) is 0. The lowest BCUT2D eigenvalue weighted by atomic mass is 9.99. The Hall–Kier alpha value is -1.07. The third-order valence-corrected chi connectivity index (χ3v) is 2.92. The quantitative estimate of drug-likeness (QED) is 0.853. The van der Waals surface area contributed by atoms with Gasteiger partial charge in [0.05, 0.1) is 18.2 Å². The van der Waals surface area contributed by atoms with Crippen LogP contribution in [0.3, 0.4) is 0 Å². The Labute approximate surface area is 105 Å². The highest BCUT2D eigenvalue weighted by Crippen LogP contribution is 2.34. The van der Waals surface area contributed by atoms with Gasteiger partial charge in [0.25, 0.3) is 0 Å². The van der Waals surface area contributed by atoms with E-state index in [0.29, 0.717) is 0 Å². The number of aliphatic hydroxyl groups excluding tert-OH is 1. The lowest BCUT2D eigenvalue weighted by Crippen LogP contribution is -2.33. The third-order valence-electron chi connectivity index (χ3n) is 2.92. The van der Waals surface area contributed by atoms with Gasteiger partial charge in [0, 0.05) is 6.04 Å². The first kappa shape index (κ1) is 15.0. The Balaban J connectivity index is 3.06. The van der Waals surface area contributed by atoms with Crippen LogP contribution in [0.5, 0.6) is 0 Å². The van der Waals surface area contributed by atoms with Crippen LogP contribution in [0.25, 0.3) is 0 Å². The molecule has 0 aliphatic rings. The molecule has 0 radical (unpaired) electrons. The van der Waals surface area contributed by atoms with Crippen LogP contribution in [-0.4, -0.2) is 17.8 Å². The molecule has 1 rings (SSSR count). The Bertz CT molecular complexity index is 379. The van der Waals surface area contributed by atoms with Crippen LogP contribution in [0.15, 0.2) is 24.3 Å². The molecule has 0 aromatic heterocycles. The predicted octanol–water partition coefficient (Wildman–Crippen LogP) is 3.13. The molecule has 0 amide bonds. The number of benzene rings is 1. The van der Waals surface area contributed by atoms with Crippen LogP contribution in [0, 0.1) is 0 Å². The van der Waals surface area contributed by atoms with Crippen molar-refractivity contribution in [2.24, 2.45) is 0 Å². The van der Waals surface area contributed by atoms with Crippen LogP contribution in [0.4, 0.5) is 13.2 Å². The van der Waals surface area contributed by atoms with Crippen molar-refractivity contribution in [2.45, 2.75) is 38.5 Å². The van der Waals surface area contributed by atoms with E-state index in [0.717, 1.165) is 12.5 Å². The molecule has 2 unspecified atom stereocenters. The van der Waals surface area contributed by atoms with Gasteiger partial charge in [0.15, 0.2) is 0 Å². The molecule has 18 heavy (non-hydrogen) atoms. The minimum absolute atomic E-state index is 0.0449. The van der Waals surface area contributed by atoms with Gasteiger partial charge in [-0.15, -0.1) is 0 Å². The normalized spacial score (nSPS) is 15.4. The van der Waals surface area contributed by atoms with E-state index in [-0.39, 0.29) is 18.2 Å². The summed E-state index contributed by atoms with van der Waals surface area (Å²) in [5, 5.41) is 12.3. The van der Waals surface area contributed by atoms with Gasteiger partial charge < -0.3 is 10.4 Å². The first-order valence-corrected chi connectivity index (χ1v) is 5.93. The van der Waals surface area contributed by atoms with Gasteiger partial charge in [-0.2, -0.15) is 13.2 Å². The molecule has 102 valence electrons. The Kier molecular flexibility index (Phi) is 5.16. The predicted molar refractivity (Wildman–Crippen MR) is 64.2 cm³/mol. The number of hydrogen-bond acceptors (Lipinski definition) is 2. The number of halogens is 3. The van der Waals surface area contributed by atoms with Crippen molar-refractivity contribution in [3.8, 4) is 0 Å². The standard InChI is InChI=1S/C13H18F3NO/c1-3-9(2)17-12(8-18)10-6-4-5-7-11(10)13(14,15)16/h4-7,9,12,17-18H,3,8H2,1-2H3. The van der Waals surface area contributed by atoms with Crippen LogP contribution in [-0.2, 0) is 6.18 Å². The van der Waals surface area contributed by atoms with Crippen molar-refractivity contribution >= 4 is 0 Å². The van der Waals surface area contributed by atoms with Gasteiger partial charge in [0.1, 0.15) is 0 Å². The second kappa shape index (κ2) is 6.20. The molecule has 0 aliphatic carbocycles. The molecule has 0 spiro atoms. The summed E-state index contributed by atoms with van der Waals surface area (Å²) in [4.78, 5) is 0. The Morgan fingerprint density at radius 3 is 2.39 bits per heavy atom. The van der Waals surface area contributed by atoms with Crippen LogP contribution < -0.4 is 5.32 Å². The third kappa shape index (κ3) is 3.71. The second-order valence-corrected chi connectivity index (χ2v) is 4.30. The molecule has 5 heteroatoms. The highest BCUT2D eigenvalue weighted by molar-refractivity contribution is 5.32. The van der Waals surface area contributed by atoms with Crippen LogP contribution >= 0.6 is 0 Å². The first-order chi connectivity index (χ1) is 8.40. The zero-order chi connectivity index (χ0) is 13.8. The molecular weight excluding hydrogens is 243 g/mol. The monoisotopic (exact) mass is 261 g/mol. The SMILES string of the molecule is CCC(C)NC(CO)c1ccccc1C(F)(F)F. The molecular formula is C13H18F3NO. The number of aliphatic hydroxyl groups is 1. The maximum Gasteiger partial charge on any atom is 0.416 e. The van der Waals surface area contributed by atoms with Gasteiger partial charge in [-0.05, 0) is 25.0 Å². The molecule has 2 N–H and O–H groups in total. The molecule has 0 fully saturated rings. The van der Waals surface area contributed by atoms with E-state index in [1.54, 1.807) is 6.07 Å². The number of hydrogen-bond donors (Lipinski definition) is 2. The van der Waals surface area contributed by atoms with Gasteiger partial charge in [0.2, 0.25) is 0 Å². The molecule has 0 bridgehead atoms. The van der Waals surface area contributed by atoms with Crippen molar-refractivity contribution < 1.29 is 18.3 Å². The van der Waals surface area contributed by atoms with E-state index in [2.05, 4.69) is 5.32 Å². The molecule has 1 aromatic rings. The lowest BCUT2D eigenvalue weighted by molar-refractivity contribution is -0.138. The molecule has 2 nitrogen and oxygen atoms in total. The average molecular weight is 261 g/mol. The molecule has 2 atom stereocenters. The molecule has 0 saturated heterocycles. The Morgan fingerprint density at radius 2 is 1.89 bits per heavy atom. The topological polar surface area (TPSA) is 32.3 Å². The summed E-state index contributed by atoms with van der Waals surface area (Å²) >= 11 is 0. The lowest BCUT2D eigenvalue weighted by Gasteiger charge is -2.24. The summed E-state index contributed by atoms with van der Waals surface area (Å²) in [6.07, 6.45) is -3.62. The zero-order valence-corrected chi connectivity index (χ0v) is 10.5. The summed E-state index contributed by atoms with van der Waals surface area (Å²) in [6, 6.07) is 4.69. The molecule has 1 aromatic carbocycles. The van der Waals surface area contributed by atoms with Crippen LogP contribution in [0.1, 0.15) is 37.4 Å². The van der Waals surface area contributed by atoms with Crippen molar-refractivity contribution in [1.29, 1.82) is 0 Å². The smallest absolute Gasteiger partial charge is 0.394 e. The summed E-state index contributed by atoms with van der Waals surface area (Å²) in [5.41, 5.74) is -0.604. The molecule has 0 heterocycles. The number of nitrogens with one attached hydrogen (secondary N) is 1. The maximum atomic E-state index is 12.9. The zero-order valence-electron chi connectivity index (χ0n) is 10.5. The van der Waals surface area contributed by atoms with E-state index < -0.39 is 17.8 Å².